The van der Waals surface area contributed by atoms with Crippen molar-refractivity contribution in [3.05, 3.63) is 24.4 Å². The average molecular weight is 1320 g/mol. The highest BCUT2D eigenvalue weighted by Gasteiger charge is 2.53. The predicted octanol–water partition coefficient (Wildman–Crippen LogP) is -4.63. The van der Waals surface area contributed by atoms with E-state index in [-0.39, 0.29) is 93.4 Å². The van der Waals surface area contributed by atoms with Crippen LogP contribution in [0.25, 0.3) is 0 Å². The number of aliphatic hydroxyl groups excluding tert-OH is 10. The van der Waals surface area contributed by atoms with Crippen LogP contribution in [0.3, 0.4) is 0 Å². The van der Waals surface area contributed by atoms with E-state index in [0.717, 1.165) is 11.4 Å². The van der Waals surface area contributed by atoms with E-state index >= 15 is 0 Å². The molecule has 33 heteroatoms. The normalized spacial score (nSPS) is 36.7. The summed E-state index contributed by atoms with van der Waals surface area (Å²) in [6.45, 7) is 3.84. The van der Waals surface area contributed by atoms with E-state index in [1.165, 1.54) is 25.0 Å². The van der Waals surface area contributed by atoms with Crippen LogP contribution >= 0.6 is 50.1 Å². The second kappa shape index (κ2) is 43.1. The standard InChI is InChI=1S/C17H28N4O3S2.C17H32N2O9S.C9H20N2O2.C8H17NO4.H2P2S/c18-7-11-12(8-19)17(13(11)9-22)14(10-23)21-15(24)4-6-25-26-16-3-1-2-5-20-16;1-7-8(5-20)26-17(12(13(7)23)19-10(22)3-4-29)28-15-9(6-21)27-16(25-2)11(18)14(15)24;10-3-7-6(1-2-12)9(5-13)8(7)4-11;1-4-5(3-10)13-8(12-2)6(9)7(4)11;1-2-3/h1-3,5,11-14,17,22-23H,4,6-10,18-19H2,(H,21,24);7-9,11-17,20-21,23-24,29H,3-6,18H2,1-2H3,(H,19,22);6-9,12-13H,1-5,10-11H2;4-8,10-11H,3,9H2,1-2H3;1H2/p+1/i/hD. The van der Waals surface area contributed by atoms with Crippen molar-refractivity contribution in [2.24, 2.45) is 93.6 Å². The fraction of sp³-hybridized carbons (Fsp3) is 0.863. The van der Waals surface area contributed by atoms with Gasteiger partial charge in [-0.2, -0.15) is 12.6 Å². The Labute approximate surface area is 517 Å². The Hall–Kier alpha value is -0.790. The third kappa shape index (κ3) is 22.6. The molecular weight excluding hydrogens is 1220 g/mol. The summed E-state index contributed by atoms with van der Waals surface area (Å²) in [4.78, 5) is 28.5. The van der Waals surface area contributed by atoms with Crippen molar-refractivity contribution in [2.45, 2.75) is 124 Å². The van der Waals surface area contributed by atoms with Crippen molar-refractivity contribution in [2.75, 3.05) is 98.2 Å². The number of nitrogens with zero attached hydrogens (tertiary/aromatic N) is 1. The van der Waals surface area contributed by atoms with Crippen LogP contribution in [0.4, 0.5) is 0 Å². The Morgan fingerprint density at radius 1 is 0.750 bits per heavy atom. The first-order valence-electron chi connectivity index (χ1n) is 28.4. The molecule has 24 N–H and O–H groups in total. The summed E-state index contributed by atoms with van der Waals surface area (Å²) in [6, 6.07) is 2.81. The number of rotatable bonds is 26. The number of hydrogen-bond donors (Lipinski definition) is 19. The molecule has 490 valence electrons. The van der Waals surface area contributed by atoms with E-state index < -0.39 is 105 Å². The maximum atomic E-state index is 12.2. The smallest absolute Gasteiger partial charge is 0.355 e. The zero-order valence-corrected chi connectivity index (χ0v) is 53.7. The number of thiol groups is 1. The minimum atomic E-state index is -1.28. The first-order valence-corrected chi connectivity index (χ1v) is 34.5. The predicted molar refractivity (Wildman–Crippen MR) is 330 cm³/mol. The van der Waals surface area contributed by atoms with Crippen LogP contribution in [-0.4, -0.2) is 253 Å². The largest absolute Gasteiger partial charge is 0.396 e. The van der Waals surface area contributed by atoms with Crippen molar-refractivity contribution in [1.29, 1.82) is 1.28 Å². The number of carbonyl (C=O) groups excluding carboxylic acids is 2. The molecule has 5 aliphatic rings. The molecule has 2 amide bonds. The topological polar surface area (TPSA) is 485 Å². The van der Waals surface area contributed by atoms with Crippen LogP contribution in [0.5, 0.6) is 0 Å². The van der Waals surface area contributed by atoms with Gasteiger partial charge in [0.15, 0.2) is 37.7 Å². The molecule has 0 radical (unpaired) electrons. The van der Waals surface area contributed by atoms with Crippen molar-refractivity contribution in [3.63, 3.8) is 0 Å². The maximum Gasteiger partial charge on any atom is 0.355 e. The zero-order valence-electron chi connectivity index (χ0n) is 49.3. The van der Waals surface area contributed by atoms with Gasteiger partial charge < -0.3 is 125 Å². The van der Waals surface area contributed by atoms with E-state index in [1.54, 1.807) is 30.8 Å². The van der Waals surface area contributed by atoms with Gasteiger partial charge in [0.25, 0.3) is 0 Å². The van der Waals surface area contributed by atoms with Crippen LogP contribution in [-0.2, 0) is 49.8 Å². The summed E-state index contributed by atoms with van der Waals surface area (Å²) < 4.78 is 38.9. The fourth-order valence-corrected chi connectivity index (χ4v) is 13.6. The van der Waals surface area contributed by atoms with Crippen LogP contribution in [0.2, 0.25) is 0 Å². The molecule has 84 heavy (non-hydrogen) atoms. The molecule has 3 aliphatic heterocycles. The minimum absolute atomic E-state index is 0.00796. The molecule has 1 aromatic heterocycles. The third-order valence-electron chi connectivity index (χ3n) is 16.4. The number of carbonyl (C=O) groups is 2. The minimum Gasteiger partial charge on any atom is -0.396 e. The van der Waals surface area contributed by atoms with Gasteiger partial charge in [-0.25, -0.2) is 4.98 Å². The summed E-state index contributed by atoms with van der Waals surface area (Å²) in [5.41, 5.74) is 34.4. The van der Waals surface area contributed by atoms with Gasteiger partial charge in [-0.1, -0.05) is 30.7 Å². The quantitative estimate of drug-likeness (QED) is 0.0180. The van der Waals surface area contributed by atoms with Crippen LogP contribution in [0.15, 0.2) is 29.4 Å². The first kappa shape index (κ1) is 77.5. The van der Waals surface area contributed by atoms with Gasteiger partial charge in [-0.15, -0.1) is 0 Å². The SMILES string of the molecule is COC1OC(CO)C(C)C(O)C1N.COC1OC(CO)C(OC2OC(CO)C(C)C(O)C2NC(=O)CCS)C(O)C1N.NCC1C(CN)C(C(CO)NC(=O)CCSSc2ccccn2)C1CO.NCC1C(CN)C(CCO)C1CO.[2H][P+](P)=S. The van der Waals surface area contributed by atoms with Crippen molar-refractivity contribution in [3.8, 4) is 0 Å². The summed E-state index contributed by atoms with van der Waals surface area (Å²) in [7, 11) is 8.12. The molecule has 26 atom stereocenters. The molecule has 2 aliphatic carbocycles. The molecule has 0 bridgehead atoms. The maximum absolute atomic E-state index is 12.2. The van der Waals surface area contributed by atoms with E-state index in [0.29, 0.717) is 61.9 Å². The molecule has 3 saturated heterocycles. The highest BCUT2D eigenvalue weighted by atomic mass is 33.1. The number of nitrogens with one attached hydrogen (secondary N) is 2. The van der Waals surface area contributed by atoms with Crippen LogP contribution < -0.4 is 45.0 Å². The number of ether oxygens (including phenoxy) is 6. The lowest BCUT2D eigenvalue weighted by atomic mass is 9.54. The number of methoxy groups -OCH3 is 2. The number of hydrogen-bond acceptors (Lipinski definition) is 29. The molecule has 5 fully saturated rings. The Morgan fingerprint density at radius 3 is 1.74 bits per heavy atom. The lowest BCUT2D eigenvalue weighted by molar-refractivity contribution is -0.323. The van der Waals surface area contributed by atoms with Gasteiger partial charge in [0.1, 0.15) is 29.4 Å². The van der Waals surface area contributed by atoms with E-state index in [9.17, 15) is 45.3 Å². The van der Waals surface area contributed by atoms with Gasteiger partial charge in [0.2, 0.25) is 11.8 Å². The number of aliphatic hydroxyl groups is 10. The van der Waals surface area contributed by atoms with E-state index in [2.05, 4.69) is 49.0 Å². The Balaban J connectivity index is 0.000000399. The van der Waals surface area contributed by atoms with Gasteiger partial charge in [0.05, 0.1) is 77.9 Å². The second-order valence-corrected chi connectivity index (χ2v) is 26.6. The summed E-state index contributed by atoms with van der Waals surface area (Å²) >= 11 is 8.33. The lowest BCUT2D eigenvalue weighted by Gasteiger charge is -2.54. The number of pyridine rings is 1. The van der Waals surface area contributed by atoms with Gasteiger partial charge in [-0.3, -0.25) is 9.59 Å². The van der Waals surface area contributed by atoms with Crippen molar-refractivity contribution < 1.29 is 89.1 Å². The zero-order chi connectivity index (χ0) is 64.1. The van der Waals surface area contributed by atoms with Crippen LogP contribution in [0, 0.1) is 59.2 Å². The number of aromatic nitrogens is 1. The molecule has 4 heterocycles. The van der Waals surface area contributed by atoms with Gasteiger partial charge in [-0.05, 0) is 109 Å². The van der Waals surface area contributed by atoms with Gasteiger partial charge in [0, 0.05) is 70.7 Å². The molecule has 0 aromatic carbocycles. The third-order valence-corrected chi connectivity index (χ3v) is 18.9. The number of nitrogens with two attached hydrogens (primary N) is 6. The molecule has 26 unspecified atom stereocenters. The lowest BCUT2D eigenvalue weighted by Crippen LogP contribution is -2.67. The van der Waals surface area contributed by atoms with Crippen LogP contribution in [0.1, 0.15) is 33.1 Å². The summed E-state index contributed by atoms with van der Waals surface area (Å²) in [5.74, 6) is 1.37. The highest BCUT2D eigenvalue weighted by Crippen LogP contribution is 2.48. The molecule has 6 rings (SSSR count). The average Bonchev–Trinajstić information content (AvgIpc) is 1.55. The molecule has 0 spiro atoms. The Morgan fingerprint density at radius 2 is 1.26 bits per heavy atom. The Kier molecular flexibility index (Phi) is 39.7. The summed E-state index contributed by atoms with van der Waals surface area (Å²) in [5, 5.41) is 103. The first-order chi connectivity index (χ1) is 40.6. The van der Waals surface area contributed by atoms with E-state index in [1.807, 2.05) is 18.2 Å². The molecular formula is C51H100N9O18P2S4+. The second-order valence-electron chi connectivity index (χ2n) is 21.0. The summed E-state index contributed by atoms with van der Waals surface area (Å²) in [6.07, 6.45) is -6.23. The molecule has 2 saturated carbocycles. The van der Waals surface area contributed by atoms with E-state index in [4.69, 9.17) is 79.4 Å². The monoisotopic (exact) mass is 1320 g/mol. The van der Waals surface area contributed by atoms with Crippen molar-refractivity contribution in [1.82, 2.24) is 15.6 Å². The number of amides is 2. The highest BCUT2D eigenvalue weighted by molar-refractivity contribution is 8.76. The Bertz CT molecular complexity index is 1950. The molecule has 1 aromatic rings. The van der Waals surface area contributed by atoms with Gasteiger partial charge >= 0.3 is 1.28 Å². The fourth-order valence-electron chi connectivity index (χ4n) is 11.5. The molecule has 27 nitrogen and oxygen atoms in total. The van der Waals surface area contributed by atoms with Crippen molar-refractivity contribution >= 4 is 73.8 Å².